The number of hydrogen-bond acceptors (Lipinski definition) is 4. The van der Waals surface area contributed by atoms with Gasteiger partial charge in [0.15, 0.2) is 11.5 Å². The summed E-state index contributed by atoms with van der Waals surface area (Å²) in [6, 6.07) is 9.28. The number of ether oxygens (including phenoxy) is 1. The number of carbonyl (C=O) groups is 1. The minimum atomic E-state index is -0.523. The molecule has 0 fully saturated rings. The van der Waals surface area contributed by atoms with Crippen LogP contribution in [0.1, 0.15) is 23.6 Å². The van der Waals surface area contributed by atoms with Gasteiger partial charge < -0.3 is 15.2 Å². The van der Waals surface area contributed by atoms with Crippen molar-refractivity contribution >= 4 is 23.3 Å². The first kappa shape index (κ1) is 17.4. The molecule has 3 aromatic rings. The van der Waals surface area contributed by atoms with Crippen LogP contribution in [0.3, 0.4) is 0 Å². The van der Waals surface area contributed by atoms with Gasteiger partial charge in [0.2, 0.25) is 5.91 Å². The average molecular weight is 388 g/mol. The van der Waals surface area contributed by atoms with E-state index in [1.165, 1.54) is 19.2 Å². The number of aromatic nitrogens is 2. The molecule has 2 aromatic carbocycles. The minimum Gasteiger partial charge on any atom is -0.504 e. The third-order valence-electron chi connectivity index (χ3n) is 4.56. The molecular weight excluding hydrogens is 373 g/mol. The van der Waals surface area contributed by atoms with E-state index in [0.29, 0.717) is 22.9 Å². The summed E-state index contributed by atoms with van der Waals surface area (Å²) < 4.78 is 20.2. The van der Waals surface area contributed by atoms with Gasteiger partial charge in [0.25, 0.3) is 0 Å². The summed E-state index contributed by atoms with van der Waals surface area (Å²) in [7, 11) is 1.47. The number of nitrogens with zero attached hydrogens (tertiary/aromatic N) is 2. The summed E-state index contributed by atoms with van der Waals surface area (Å²) in [5.74, 6) is -0.197. The Morgan fingerprint density at radius 2 is 2.15 bits per heavy atom. The van der Waals surface area contributed by atoms with Gasteiger partial charge in [-0.3, -0.25) is 9.36 Å². The van der Waals surface area contributed by atoms with Crippen molar-refractivity contribution in [1.29, 1.82) is 0 Å². The molecule has 6 nitrogen and oxygen atoms in total. The van der Waals surface area contributed by atoms with E-state index in [-0.39, 0.29) is 29.0 Å². The van der Waals surface area contributed by atoms with E-state index >= 15 is 0 Å². The summed E-state index contributed by atoms with van der Waals surface area (Å²) in [6.45, 7) is 0. The zero-order chi connectivity index (χ0) is 19.1. The van der Waals surface area contributed by atoms with Crippen molar-refractivity contribution in [1.82, 2.24) is 9.55 Å². The van der Waals surface area contributed by atoms with Crippen LogP contribution >= 0.6 is 11.6 Å². The number of methoxy groups -OCH3 is 1. The third kappa shape index (κ3) is 3.00. The first-order valence-electron chi connectivity index (χ1n) is 8.17. The zero-order valence-corrected chi connectivity index (χ0v) is 15.0. The Labute approximate surface area is 159 Å². The lowest BCUT2D eigenvalue weighted by molar-refractivity contribution is -0.116. The zero-order valence-electron chi connectivity index (χ0n) is 14.2. The maximum atomic E-state index is 13.5. The Kier molecular flexibility index (Phi) is 4.24. The number of phenols is 1. The van der Waals surface area contributed by atoms with Gasteiger partial charge in [-0.1, -0.05) is 17.7 Å². The first-order chi connectivity index (χ1) is 13.0. The van der Waals surface area contributed by atoms with Crippen LogP contribution in [-0.4, -0.2) is 27.7 Å². The molecule has 0 saturated heterocycles. The second kappa shape index (κ2) is 6.59. The number of benzene rings is 2. The van der Waals surface area contributed by atoms with E-state index in [9.17, 15) is 14.3 Å². The highest BCUT2D eigenvalue weighted by Crippen LogP contribution is 2.40. The number of amides is 1. The van der Waals surface area contributed by atoms with Crippen molar-refractivity contribution in [3.8, 4) is 17.2 Å². The van der Waals surface area contributed by atoms with E-state index in [4.69, 9.17) is 16.3 Å². The van der Waals surface area contributed by atoms with Crippen LogP contribution in [0.25, 0.3) is 5.69 Å². The number of carbonyl (C=O) groups excluding carboxylic acids is 1. The largest absolute Gasteiger partial charge is 0.504 e. The van der Waals surface area contributed by atoms with Crippen LogP contribution in [-0.2, 0) is 4.79 Å². The number of fused-ring (bicyclic) bond motifs is 1. The van der Waals surface area contributed by atoms with Crippen LogP contribution in [0, 0.1) is 5.82 Å². The van der Waals surface area contributed by atoms with Crippen molar-refractivity contribution in [2.75, 3.05) is 12.4 Å². The molecule has 0 bridgehead atoms. The van der Waals surface area contributed by atoms with E-state index in [0.717, 1.165) is 5.56 Å². The van der Waals surface area contributed by atoms with Crippen molar-refractivity contribution in [2.45, 2.75) is 12.3 Å². The highest BCUT2D eigenvalue weighted by Gasteiger charge is 2.31. The Bertz CT molecular complexity index is 1050. The predicted molar refractivity (Wildman–Crippen MR) is 98.3 cm³/mol. The van der Waals surface area contributed by atoms with Crippen molar-refractivity contribution in [3.05, 3.63) is 64.8 Å². The molecule has 2 heterocycles. The lowest BCUT2D eigenvalue weighted by Gasteiger charge is -2.23. The second-order valence-electron chi connectivity index (χ2n) is 6.18. The number of phenolic OH excluding ortho intramolecular Hbond substituents is 1. The smallest absolute Gasteiger partial charge is 0.226 e. The molecule has 0 saturated carbocycles. The van der Waals surface area contributed by atoms with Crippen LogP contribution < -0.4 is 10.1 Å². The fourth-order valence-corrected chi connectivity index (χ4v) is 3.41. The SMILES string of the molecule is COc1ccc([C@H]2CC(=O)Nc3c2ncn3-c2ccc(F)c(Cl)c2)cc1O. The summed E-state index contributed by atoms with van der Waals surface area (Å²) in [5.41, 5.74) is 1.97. The molecule has 138 valence electrons. The molecule has 1 aromatic heterocycles. The molecular formula is C19H15ClFN3O3. The lowest BCUT2D eigenvalue weighted by atomic mass is 9.89. The predicted octanol–water partition coefficient (Wildman–Crippen LogP) is 3.85. The summed E-state index contributed by atoms with van der Waals surface area (Å²) >= 11 is 5.88. The van der Waals surface area contributed by atoms with Gasteiger partial charge in [0, 0.05) is 12.3 Å². The summed E-state index contributed by atoms with van der Waals surface area (Å²) in [6.07, 6.45) is 1.75. The van der Waals surface area contributed by atoms with Crippen LogP contribution in [0.2, 0.25) is 5.02 Å². The molecule has 1 aliphatic rings. The van der Waals surface area contributed by atoms with Crippen LogP contribution in [0.5, 0.6) is 11.5 Å². The Hall–Kier alpha value is -3.06. The fourth-order valence-electron chi connectivity index (χ4n) is 3.24. The van der Waals surface area contributed by atoms with Crippen LogP contribution in [0.4, 0.5) is 10.2 Å². The van der Waals surface area contributed by atoms with Crippen molar-refractivity contribution in [3.63, 3.8) is 0 Å². The topological polar surface area (TPSA) is 76.4 Å². The lowest BCUT2D eigenvalue weighted by Crippen LogP contribution is -2.24. The molecule has 0 spiro atoms. The normalized spacial score (nSPS) is 16.0. The number of anilines is 1. The number of aromatic hydroxyl groups is 1. The van der Waals surface area contributed by atoms with E-state index in [2.05, 4.69) is 10.3 Å². The van der Waals surface area contributed by atoms with E-state index in [1.54, 1.807) is 35.2 Å². The number of imidazole rings is 1. The van der Waals surface area contributed by atoms with Gasteiger partial charge in [-0.15, -0.1) is 0 Å². The highest BCUT2D eigenvalue weighted by molar-refractivity contribution is 6.30. The monoisotopic (exact) mass is 387 g/mol. The van der Waals surface area contributed by atoms with E-state index < -0.39 is 5.82 Å². The number of hydrogen-bond donors (Lipinski definition) is 2. The summed E-state index contributed by atoms with van der Waals surface area (Å²) in [5, 5.41) is 12.9. The molecule has 1 amide bonds. The van der Waals surface area contributed by atoms with Crippen LogP contribution in [0.15, 0.2) is 42.7 Å². The summed E-state index contributed by atoms with van der Waals surface area (Å²) in [4.78, 5) is 16.7. The van der Waals surface area contributed by atoms with Crippen molar-refractivity contribution in [2.24, 2.45) is 0 Å². The van der Waals surface area contributed by atoms with E-state index in [1.807, 2.05) is 0 Å². The number of halogens is 2. The Morgan fingerprint density at radius 1 is 1.33 bits per heavy atom. The molecule has 8 heteroatoms. The molecule has 27 heavy (non-hydrogen) atoms. The van der Waals surface area contributed by atoms with Gasteiger partial charge >= 0.3 is 0 Å². The maximum absolute atomic E-state index is 13.5. The highest BCUT2D eigenvalue weighted by atomic mass is 35.5. The van der Waals surface area contributed by atoms with Gasteiger partial charge in [-0.25, -0.2) is 9.37 Å². The average Bonchev–Trinajstić information content (AvgIpc) is 3.07. The minimum absolute atomic E-state index is 0.00715. The molecule has 4 rings (SSSR count). The third-order valence-corrected chi connectivity index (χ3v) is 4.85. The van der Waals surface area contributed by atoms with Gasteiger partial charge in [0.1, 0.15) is 18.0 Å². The van der Waals surface area contributed by atoms with Crippen molar-refractivity contribution < 1.29 is 19.0 Å². The molecule has 2 N–H and O–H groups in total. The maximum Gasteiger partial charge on any atom is 0.226 e. The molecule has 1 atom stereocenters. The van der Waals surface area contributed by atoms with Gasteiger partial charge in [0.05, 0.1) is 23.5 Å². The number of rotatable bonds is 3. The standard InChI is InChI=1S/C19H15ClFN3O3/c1-27-16-5-2-10(6-15(16)25)12-8-17(26)23-19-18(12)22-9-24(19)11-3-4-14(21)13(20)7-11/h2-7,9,12,25H,8H2,1H3,(H,23,26)/t12-/m1/s1. The molecule has 0 unspecified atom stereocenters. The molecule has 0 aliphatic carbocycles. The fraction of sp³-hybridized carbons (Fsp3) is 0.158. The quantitative estimate of drug-likeness (QED) is 0.715. The molecule has 1 aliphatic heterocycles. The molecule has 0 radical (unpaired) electrons. The first-order valence-corrected chi connectivity index (χ1v) is 8.55. The second-order valence-corrected chi connectivity index (χ2v) is 6.59. The van der Waals surface area contributed by atoms with Gasteiger partial charge in [-0.05, 0) is 35.9 Å². The van der Waals surface area contributed by atoms with Gasteiger partial charge in [-0.2, -0.15) is 0 Å². The number of nitrogens with one attached hydrogen (secondary N) is 1. The Balaban J connectivity index is 1.79. The Morgan fingerprint density at radius 3 is 2.85 bits per heavy atom.